The van der Waals surface area contributed by atoms with Crippen molar-refractivity contribution < 1.29 is 19.1 Å². The molecule has 0 aliphatic rings. The van der Waals surface area contributed by atoms with Crippen molar-refractivity contribution in [2.45, 2.75) is 32.8 Å². The van der Waals surface area contributed by atoms with E-state index in [-0.39, 0.29) is 19.0 Å². The van der Waals surface area contributed by atoms with E-state index in [2.05, 4.69) is 12.6 Å². The van der Waals surface area contributed by atoms with Gasteiger partial charge in [0.25, 0.3) is 0 Å². The molecule has 1 amide bonds. The van der Waals surface area contributed by atoms with Gasteiger partial charge in [0.1, 0.15) is 12.2 Å². The van der Waals surface area contributed by atoms with E-state index in [1.807, 2.05) is 0 Å². The lowest BCUT2D eigenvalue weighted by Gasteiger charge is -2.24. The van der Waals surface area contributed by atoms with E-state index < -0.39 is 11.7 Å². The summed E-state index contributed by atoms with van der Waals surface area (Å²) in [5, 5.41) is 0. The number of esters is 1. The third kappa shape index (κ3) is 8.85. The van der Waals surface area contributed by atoms with Crippen LogP contribution in [0.25, 0.3) is 0 Å². The predicted octanol–water partition coefficient (Wildman–Crippen LogP) is 1.72. The lowest BCUT2D eigenvalue weighted by atomic mass is 10.2. The number of nitrogens with zero attached hydrogens (tertiary/aromatic N) is 1. The van der Waals surface area contributed by atoms with Crippen LogP contribution in [0.15, 0.2) is 0 Å². The van der Waals surface area contributed by atoms with E-state index in [9.17, 15) is 9.59 Å². The first-order valence-electron chi connectivity index (χ1n) is 5.47. The molecule has 0 aromatic rings. The average Bonchev–Trinajstić information content (AvgIpc) is 2.15. The second-order valence-corrected chi connectivity index (χ2v) is 5.04. The Hall–Kier alpha value is -0.910. The van der Waals surface area contributed by atoms with E-state index in [0.29, 0.717) is 12.3 Å². The van der Waals surface area contributed by atoms with Crippen molar-refractivity contribution in [2.75, 3.05) is 26.0 Å². The highest BCUT2D eigenvalue weighted by Gasteiger charge is 2.19. The maximum Gasteiger partial charge on any atom is 0.410 e. The maximum absolute atomic E-state index is 11.5. The van der Waals surface area contributed by atoms with Gasteiger partial charge < -0.3 is 14.4 Å². The van der Waals surface area contributed by atoms with E-state index in [4.69, 9.17) is 9.47 Å². The molecule has 0 aromatic heterocycles. The largest absolute Gasteiger partial charge is 0.464 e. The number of amides is 1. The number of hydrogen-bond acceptors (Lipinski definition) is 5. The number of rotatable bonds is 5. The molecule has 0 radical (unpaired) electrons. The molecule has 0 atom stereocenters. The van der Waals surface area contributed by atoms with Gasteiger partial charge in [-0.15, -0.1) is 0 Å². The molecule has 0 N–H and O–H groups in total. The normalized spacial score (nSPS) is 10.9. The Labute approximate surface area is 108 Å². The fourth-order valence-electron chi connectivity index (χ4n) is 0.891. The molecule has 5 nitrogen and oxygen atoms in total. The summed E-state index contributed by atoms with van der Waals surface area (Å²) in [5.41, 5.74) is -0.520. The summed E-state index contributed by atoms with van der Waals surface area (Å²) in [6.07, 6.45) is -0.151. The Morgan fingerprint density at radius 2 is 1.88 bits per heavy atom. The summed E-state index contributed by atoms with van der Waals surface area (Å²) < 4.78 is 10.0. The number of ether oxygens (including phenoxy) is 2. The van der Waals surface area contributed by atoms with E-state index in [1.54, 1.807) is 27.8 Å². The topological polar surface area (TPSA) is 55.8 Å². The number of hydrogen-bond donors (Lipinski definition) is 1. The quantitative estimate of drug-likeness (QED) is 0.606. The van der Waals surface area contributed by atoms with Gasteiger partial charge in [0.2, 0.25) is 0 Å². The minimum absolute atomic E-state index is 0.169. The standard InChI is InChI=1S/C11H21NO4S/c1-11(2,3)16-10(14)12(4)6-7-15-9(13)5-8-17/h17H,5-8H2,1-4H3. The van der Waals surface area contributed by atoms with Crippen LogP contribution in [0.3, 0.4) is 0 Å². The molecule has 6 heteroatoms. The van der Waals surface area contributed by atoms with Crippen LogP contribution in [0.5, 0.6) is 0 Å². The van der Waals surface area contributed by atoms with Gasteiger partial charge in [-0.25, -0.2) is 4.79 Å². The Morgan fingerprint density at radius 3 is 2.35 bits per heavy atom. The SMILES string of the molecule is CN(CCOC(=O)CCS)C(=O)OC(C)(C)C. The predicted molar refractivity (Wildman–Crippen MR) is 68.3 cm³/mol. The van der Waals surface area contributed by atoms with Crippen LogP contribution in [0.2, 0.25) is 0 Å². The lowest BCUT2D eigenvalue weighted by Crippen LogP contribution is -2.36. The monoisotopic (exact) mass is 263 g/mol. The third-order valence-corrected chi connectivity index (χ3v) is 1.93. The summed E-state index contributed by atoms with van der Waals surface area (Å²) in [6, 6.07) is 0. The molecule has 17 heavy (non-hydrogen) atoms. The number of carbonyl (C=O) groups is 2. The molecule has 0 aliphatic carbocycles. The average molecular weight is 263 g/mol. The van der Waals surface area contributed by atoms with Crippen LogP contribution in [0.4, 0.5) is 4.79 Å². The highest BCUT2D eigenvalue weighted by molar-refractivity contribution is 7.80. The summed E-state index contributed by atoms with van der Waals surface area (Å²) in [4.78, 5) is 23.9. The van der Waals surface area contributed by atoms with Crippen molar-refractivity contribution in [1.82, 2.24) is 4.90 Å². The molecule has 0 spiro atoms. The summed E-state index contributed by atoms with van der Waals surface area (Å²) >= 11 is 3.92. The van der Waals surface area contributed by atoms with Crippen LogP contribution >= 0.6 is 12.6 Å². The number of thiol groups is 1. The van der Waals surface area contributed by atoms with E-state index in [0.717, 1.165) is 0 Å². The summed E-state index contributed by atoms with van der Waals surface area (Å²) in [7, 11) is 1.60. The Balaban J connectivity index is 3.82. The first-order chi connectivity index (χ1) is 7.76. The zero-order valence-corrected chi connectivity index (χ0v) is 11.8. The van der Waals surface area contributed by atoms with E-state index in [1.165, 1.54) is 4.90 Å². The minimum atomic E-state index is -0.520. The minimum Gasteiger partial charge on any atom is -0.464 e. The number of carbonyl (C=O) groups excluding carboxylic acids is 2. The first-order valence-corrected chi connectivity index (χ1v) is 6.10. The Kier molecular flexibility index (Phi) is 7.03. The molecular formula is C11H21NO4S. The van der Waals surface area contributed by atoms with Crippen molar-refractivity contribution in [3.05, 3.63) is 0 Å². The molecule has 0 saturated carbocycles. The van der Waals surface area contributed by atoms with Gasteiger partial charge in [-0.1, -0.05) is 0 Å². The van der Waals surface area contributed by atoms with Crippen molar-refractivity contribution >= 4 is 24.7 Å². The fourth-order valence-corrected chi connectivity index (χ4v) is 1.07. The molecule has 0 aliphatic heterocycles. The fraction of sp³-hybridized carbons (Fsp3) is 0.818. The van der Waals surface area contributed by atoms with Gasteiger partial charge >= 0.3 is 12.1 Å². The van der Waals surface area contributed by atoms with Gasteiger partial charge in [-0.2, -0.15) is 12.6 Å². The van der Waals surface area contributed by atoms with Crippen LogP contribution < -0.4 is 0 Å². The second-order valence-electron chi connectivity index (χ2n) is 4.60. The zero-order chi connectivity index (χ0) is 13.5. The highest BCUT2D eigenvalue weighted by Crippen LogP contribution is 2.08. The molecule has 0 unspecified atom stereocenters. The second kappa shape index (κ2) is 7.42. The van der Waals surface area contributed by atoms with Crippen LogP contribution in [-0.2, 0) is 14.3 Å². The van der Waals surface area contributed by atoms with Gasteiger partial charge in [0, 0.05) is 12.8 Å². The van der Waals surface area contributed by atoms with Crippen molar-refractivity contribution in [2.24, 2.45) is 0 Å². The molecular weight excluding hydrogens is 242 g/mol. The molecule has 0 rings (SSSR count). The van der Waals surface area contributed by atoms with Crippen LogP contribution in [-0.4, -0.2) is 48.5 Å². The van der Waals surface area contributed by atoms with Crippen molar-refractivity contribution in [3.8, 4) is 0 Å². The molecule has 0 fully saturated rings. The third-order valence-electron chi connectivity index (χ3n) is 1.71. The highest BCUT2D eigenvalue weighted by atomic mass is 32.1. The molecule has 100 valence electrons. The number of likely N-dealkylation sites (N-methyl/N-ethyl adjacent to an activating group) is 1. The first kappa shape index (κ1) is 16.1. The molecule has 0 aromatic carbocycles. The van der Waals surface area contributed by atoms with Gasteiger partial charge in [-0.3, -0.25) is 4.79 Å². The van der Waals surface area contributed by atoms with Gasteiger partial charge in [0.15, 0.2) is 0 Å². The van der Waals surface area contributed by atoms with Gasteiger partial charge in [-0.05, 0) is 20.8 Å². The van der Waals surface area contributed by atoms with Gasteiger partial charge in [0.05, 0.1) is 13.0 Å². The van der Waals surface area contributed by atoms with Crippen LogP contribution in [0.1, 0.15) is 27.2 Å². The summed E-state index contributed by atoms with van der Waals surface area (Å²) in [5.74, 6) is 0.151. The molecule has 0 heterocycles. The Bertz CT molecular complexity index is 263. The molecule has 0 bridgehead atoms. The molecule has 0 saturated heterocycles. The Morgan fingerprint density at radius 1 is 1.29 bits per heavy atom. The summed E-state index contributed by atoms with van der Waals surface area (Å²) in [6.45, 7) is 5.87. The van der Waals surface area contributed by atoms with E-state index >= 15 is 0 Å². The van der Waals surface area contributed by atoms with Crippen LogP contribution in [0, 0.1) is 0 Å². The maximum atomic E-state index is 11.5. The van der Waals surface area contributed by atoms with Crippen molar-refractivity contribution in [3.63, 3.8) is 0 Å². The lowest BCUT2D eigenvalue weighted by molar-refractivity contribution is -0.143. The zero-order valence-electron chi connectivity index (χ0n) is 10.9. The smallest absolute Gasteiger partial charge is 0.410 e. The van der Waals surface area contributed by atoms with Crippen molar-refractivity contribution in [1.29, 1.82) is 0 Å².